The molecule has 3 heteroatoms. The molecule has 0 saturated carbocycles. The molecule has 0 amide bonds. The van der Waals surface area contributed by atoms with Gasteiger partial charge < -0.3 is 9.80 Å². The number of Topliss-reactive ketones (excluding diaryl/α,β-unsaturated/α-hetero) is 1. The molecule has 4 aliphatic rings. The quantitative estimate of drug-likeness (QED) is 0.490. The third-order valence-corrected chi connectivity index (χ3v) is 8.74. The second-order valence-corrected chi connectivity index (χ2v) is 11.1. The number of para-hydroxylation sites is 1. The standard InChI is InChI=1S/C31H36N2O/c1-9-19-20(10-2)26(29-31(5,6)22-16-12-14-18-24(22)33(29)8)27(34)25(19)28-30(3,4)21-15-11-13-17-23(21)32(28)7/h9-11,13-15,17-18,25,28H,1-2,12,16H2,3-8H3/b29-26+. The Kier molecular flexibility index (Phi) is 4.99. The molecule has 0 aromatic heterocycles. The van der Waals surface area contributed by atoms with Gasteiger partial charge in [0.2, 0.25) is 0 Å². The first kappa shape index (κ1) is 22.7. The molecule has 0 N–H and O–H groups in total. The number of likely N-dealkylation sites (N-methyl/N-ethyl adjacent to an activating group) is 2. The van der Waals surface area contributed by atoms with Crippen LogP contribution < -0.4 is 4.90 Å². The number of carbonyl (C=O) groups is 1. The normalized spacial score (nSPS) is 29.2. The van der Waals surface area contributed by atoms with Crippen molar-refractivity contribution >= 4 is 11.5 Å². The highest BCUT2D eigenvalue weighted by molar-refractivity contribution is 6.10. The van der Waals surface area contributed by atoms with Gasteiger partial charge in [-0.05, 0) is 47.3 Å². The molecular formula is C31H36N2O. The summed E-state index contributed by atoms with van der Waals surface area (Å²) >= 11 is 0. The SMILES string of the molecule is C=CC1=C(C=C)C(C2N(C)c3ccccc3C2(C)C)C(=O)/C1=C1/N(C)C2=C(CCC=C2)C1(C)C. The molecule has 0 fully saturated rings. The average molecular weight is 453 g/mol. The lowest BCUT2D eigenvalue weighted by molar-refractivity contribution is -0.118. The van der Waals surface area contributed by atoms with Gasteiger partial charge in [0.1, 0.15) is 0 Å². The van der Waals surface area contributed by atoms with Crippen molar-refractivity contribution in [1.29, 1.82) is 0 Å². The number of hydrogen-bond donors (Lipinski definition) is 0. The highest BCUT2D eigenvalue weighted by atomic mass is 16.1. The number of ketones is 1. The summed E-state index contributed by atoms with van der Waals surface area (Å²) in [6.45, 7) is 17.4. The van der Waals surface area contributed by atoms with Gasteiger partial charge in [0.25, 0.3) is 0 Å². The highest BCUT2D eigenvalue weighted by Gasteiger charge is 2.54. The fourth-order valence-electron chi connectivity index (χ4n) is 7.28. The maximum Gasteiger partial charge on any atom is 0.174 e. The molecule has 2 heterocycles. The zero-order valence-electron chi connectivity index (χ0n) is 21.4. The van der Waals surface area contributed by atoms with E-state index in [1.165, 1.54) is 22.5 Å². The minimum absolute atomic E-state index is 0.00393. The second-order valence-electron chi connectivity index (χ2n) is 11.1. The summed E-state index contributed by atoms with van der Waals surface area (Å²) in [5, 5.41) is 0. The molecule has 3 nitrogen and oxygen atoms in total. The number of nitrogens with zero attached hydrogens (tertiary/aromatic N) is 2. The van der Waals surface area contributed by atoms with Gasteiger partial charge in [0.05, 0.1) is 12.0 Å². The number of hydrogen-bond acceptors (Lipinski definition) is 3. The lowest BCUT2D eigenvalue weighted by atomic mass is 9.72. The molecule has 2 aliphatic heterocycles. The molecule has 2 unspecified atom stereocenters. The Morgan fingerprint density at radius 3 is 2.38 bits per heavy atom. The largest absolute Gasteiger partial charge is 0.369 e. The third kappa shape index (κ3) is 2.73. The summed E-state index contributed by atoms with van der Waals surface area (Å²) in [4.78, 5) is 19.1. The lowest BCUT2D eigenvalue weighted by Gasteiger charge is -2.37. The molecule has 2 aliphatic carbocycles. The van der Waals surface area contributed by atoms with E-state index in [-0.39, 0.29) is 28.6 Å². The number of carbonyl (C=O) groups excluding carboxylic acids is 1. The Morgan fingerprint density at radius 1 is 1.06 bits per heavy atom. The lowest BCUT2D eigenvalue weighted by Crippen LogP contribution is -2.47. The van der Waals surface area contributed by atoms with Crippen LogP contribution in [0.15, 0.2) is 95.4 Å². The molecule has 1 aromatic rings. The highest BCUT2D eigenvalue weighted by Crippen LogP contribution is 2.56. The van der Waals surface area contributed by atoms with Crippen molar-refractivity contribution in [3.8, 4) is 0 Å². The molecule has 1 aromatic carbocycles. The molecule has 5 rings (SSSR count). The van der Waals surface area contributed by atoms with Crippen LogP contribution in [-0.2, 0) is 10.2 Å². The van der Waals surface area contributed by atoms with Crippen molar-refractivity contribution < 1.29 is 4.79 Å². The van der Waals surface area contributed by atoms with E-state index < -0.39 is 0 Å². The first-order valence-corrected chi connectivity index (χ1v) is 12.3. The Balaban J connectivity index is 1.71. The van der Waals surface area contributed by atoms with Crippen LogP contribution in [-0.4, -0.2) is 30.8 Å². The maximum atomic E-state index is 14.6. The van der Waals surface area contributed by atoms with E-state index in [0.29, 0.717) is 0 Å². The predicted octanol–water partition coefficient (Wildman–Crippen LogP) is 6.48. The Morgan fingerprint density at radius 2 is 1.76 bits per heavy atom. The van der Waals surface area contributed by atoms with Crippen LogP contribution in [0.4, 0.5) is 5.69 Å². The van der Waals surface area contributed by atoms with Crippen LogP contribution in [0, 0.1) is 11.3 Å². The van der Waals surface area contributed by atoms with E-state index in [4.69, 9.17) is 0 Å². The summed E-state index contributed by atoms with van der Waals surface area (Å²) in [6, 6.07) is 8.54. The number of anilines is 1. The topological polar surface area (TPSA) is 23.6 Å². The second kappa shape index (κ2) is 7.46. The van der Waals surface area contributed by atoms with Crippen LogP contribution in [0.2, 0.25) is 0 Å². The van der Waals surface area contributed by atoms with Crippen LogP contribution in [0.5, 0.6) is 0 Å². The average Bonchev–Trinajstić information content (AvgIpc) is 3.28. The van der Waals surface area contributed by atoms with Gasteiger partial charge in [-0.2, -0.15) is 0 Å². The molecule has 0 spiro atoms. The summed E-state index contributed by atoms with van der Waals surface area (Å²) < 4.78 is 0. The Labute approximate surface area is 204 Å². The number of benzene rings is 1. The van der Waals surface area contributed by atoms with Crippen molar-refractivity contribution in [2.45, 2.75) is 52.0 Å². The zero-order valence-corrected chi connectivity index (χ0v) is 21.4. The molecule has 0 radical (unpaired) electrons. The maximum absolute atomic E-state index is 14.6. The van der Waals surface area contributed by atoms with Gasteiger partial charge in [-0.1, -0.05) is 77.3 Å². The van der Waals surface area contributed by atoms with Gasteiger partial charge in [0.15, 0.2) is 5.78 Å². The van der Waals surface area contributed by atoms with Crippen LogP contribution in [0.1, 0.15) is 46.1 Å². The van der Waals surface area contributed by atoms with Crippen LogP contribution >= 0.6 is 0 Å². The van der Waals surface area contributed by atoms with E-state index in [9.17, 15) is 4.79 Å². The van der Waals surface area contributed by atoms with E-state index in [2.05, 4.69) is 101 Å². The van der Waals surface area contributed by atoms with Gasteiger partial charge in [-0.15, -0.1) is 0 Å². The van der Waals surface area contributed by atoms with E-state index in [1.54, 1.807) is 0 Å². The zero-order chi connectivity index (χ0) is 24.6. The minimum Gasteiger partial charge on any atom is -0.369 e. The van der Waals surface area contributed by atoms with Gasteiger partial charge in [-0.25, -0.2) is 0 Å². The minimum atomic E-state index is -0.294. The van der Waals surface area contributed by atoms with Gasteiger partial charge >= 0.3 is 0 Å². The molecule has 0 saturated heterocycles. The fourth-order valence-corrected chi connectivity index (χ4v) is 7.28. The molecule has 0 bridgehead atoms. The summed E-state index contributed by atoms with van der Waals surface area (Å²) in [5.74, 6) is -0.0981. The molecular weight excluding hydrogens is 416 g/mol. The van der Waals surface area contributed by atoms with E-state index in [1.807, 2.05) is 12.2 Å². The van der Waals surface area contributed by atoms with Crippen LogP contribution in [0.3, 0.4) is 0 Å². The summed E-state index contributed by atoms with van der Waals surface area (Å²) in [5.41, 5.74) is 8.63. The molecule has 34 heavy (non-hydrogen) atoms. The number of fused-ring (bicyclic) bond motifs is 1. The smallest absolute Gasteiger partial charge is 0.174 e. The summed E-state index contributed by atoms with van der Waals surface area (Å²) in [7, 11) is 4.24. The Hall–Kier alpha value is -3.07. The van der Waals surface area contributed by atoms with Gasteiger partial charge in [0, 0.05) is 47.6 Å². The van der Waals surface area contributed by atoms with Crippen molar-refractivity contribution in [2.24, 2.45) is 11.3 Å². The monoisotopic (exact) mass is 452 g/mol. The predicted molar refractivity (Wildman–Crippen MR) is 142 cm³/mol. The Bertz CT molecular complexity index is 1250. The number of allylic oxidation sites excluding steroid dienone is 7. The van der Waals surface area contributed by atoms with Crippen molar-refractivity contribution in [2.75, 3.05) is 19.0 Å². The fraction of sp³-hybridized carbons (Fsp3) is 0.387. The molecule has 176 valence electrons. The van der Waals surface area contributed by atoms with E-state index in [0.717, 1.165) is 35.3 Å². The third-order valence-electron chi connectivity index (χ3n) is 8.74. The van der Waals surface area contributed by atoms with Crippen LogP contribution in [0.25, 0.3) is 0 Å². The van der Waals surface area contributed by atoms with Gasteiger partial charge in [-0.3, -0.25) is 4.79 Å². The van der Waals surface area contributed by atoms with Crippen molar-refractivity contribution in [3.63, 3.8) is 0 Å². The molecule has 2 atom stereocenters. The van der Waals surface area contributed by atoms with Crippen molar-refractivity contribution in [1.82, 2.24) is 4.90 Å². The van der Waals surface area contributed by atoms with E-state index >= 15 is 0 Å². The first-order chi connectivity index (χ1) is 16.1. The number of rotatable bonds is 3. The van der Waals surface area contributed by atoms with Crippen molar-refractivity contribution in [3.05, 3.63) is 101 Å². The summed E-state index contributed by atoms with van der Waals surface area (Å²) in [6.07, 6.45) is 10.3. The first-order valence-electron chi connectivity index (χ1n) is 12.3.